The molecule has 0 aliphatic heterocycles. The Morgan fingerprint density at radius 1 is 1.00 bits per heavy atom. The second-order valence-electron chi connectivity index (χ2n) is 5.99. The zero-order valence-corrected chi connectivity index (χ0v) is 15.0. The maximum Gasteiger partial charge on any atom is 0.246 e. The molecule has 0 heterocycles. The molecule has 140 valence electrons. The third-order valence-corrected chi connectivity index (χ3v) is 3.84. The van der Waals surface area contributed by atoms with Crippen molar-refractivity contribution in [2.75, 3.05) is 39.3 Å². The van der Waals surface area contributed by atoms with E-state index in [0.717, 1.165) is 50.9 Å². The molecule has 0 fully saturated rings. The van der Waals surface area contributed by atoms with E-state index in [-0.39, 0.29) is 11.7 Å². The van der Waals surface area contributed by atoms with Gasteiger partial charge < -0.3 is 26.8 Å². The molecule has 0 radical (unpaired) electrons. The fourth-order valence-corrected chi connectivity index (χ4v) is 2.38. The van der Waals surface area contributed by atoms with Crippen LogP contribution in [0.4, 0.5) is 0 Å². The summed E-state index contributed by atoms with van der Waals surface area (Å²) >= 11 is 0. The van der Waals surface area contributed by atoms with Crippen LogP contribution in [0.2, 0.25) is 0 Å². The number of carbonyl (C=O) groups is 1. The van der Waals surface area contributed by atoms with Gasteiger partial charge in [0.05, 0.1) is 0 Å². The van der Waals surface area contributed by atoms with E-state index >= 15 is 0 Å². The molecule has 0 saturated heterocycles. The lowest BCUT2D eigenvalue weighted by atomic mass is 10.2. The van der Waals surface area contributed by atoms with Gasteiger partial charge in [-0.25, -0.2) is 0 Å². The van der Waals surface area contributed by atoms with E-state index < -0.39 is 0 Å². The minimum absolute atomic E-state index is 0.00221. The molecule has 6 heteroatoms. The van der Waals surface area contributed by atoms with E-state index in [1.807, 2.05) is 4.90 Å². The molecular weight excluding hydrogens is 316 g/mol. The molecule has 1 amide bonds. The van der Waals surface area contributed by atoms with Crippen LogP contribution in [0.3, 0.4) is 0 Å². The first-order valence-electron chi connectivity index (χ1n) is 9.04. The van der Waals surface area contributed by atoms with Crippen molar-refractivity contribution in [2.24, 2.45) is 11.5 Å². The van der Waals surface area contributed by atoms with E-state index in [0.29, 0.717) is 19.6 Å². The molecular formula is C19H32N4O2. The number of aromatic hydroxyl groups is 1. The van der Waals surface area contributed by atoms with Crippen molar-refractivity contribution in [3.63, 3.8) is 0 Å². The van der Waals surface area contributed by atoms with Crippen LogP contribution in [0.1, 0.15) is 31.2 Å². The van der Waals surface area contributed by atoms with Crippen molar-refractivity contribution in [1.29, 1.82) is 0 Å². The number of carbonyl (C=O) groups excluding carboxylic acids is 1. The minimum atomic E-state index is -0.00221. The van der Waals surface area contributed by atoms with Gasteiger partial charge in [-0.05, 0) is 75.6 Å². The molecule has 1 rings (SSSR count). The summed E-state index contributed by atoms with van der Waals surface area (Å²) in [6.45, 7) is 4.59. The normalized spacial score (nSPS) is 11.1. The molecule has 0 atom stereocenters. The Hall–Kier alpha value is -1.89. The highest BCUT2D eigenvalue weighted by Gasteiger charge is 2.09. The Kier molecular flexibility index (Phi) is 11.3. The van der Waals surface area contributed by atoms with E-state index in [1.165, 1.54) is 0 Å². The number of hydrogen-bond donors (Lipinski definition) is 4. The molecule has 1 aromatic rings. The van der Waals surface area contributed by atoms with Crippen LogP contribution in [0.25, 0.3) is 6.08 Å². The molecule has 1 aromatic carbocycles. The molecule has 0 saturated carbocycles. The Bertz CT molecular complexity index is 503. The van der Waals surface area contributed by atoms with Crippen molar-refractivity contribution in [3.05, 3.63) is 35.9 Å². The number of amides is 1. The average Bonchev–Trinajstić information content (AvgIpc) is 2.62. The fraction of sp³-hybridized carbons (Fsp3) is 0.526. The van der Waals surface area contributed by atoms with Crippen LogP contribution in [-0.4, -0.2) is 55.2 Å². The Labute approximate surface area is 150 Å². The number of rotatable bonds is 13. The topological polar surface area (TPSA) is 105 Å². The third kappa shape index (κ3) is 9.86. The first-order chi connectivity index (χ1) is 12.2. The van der Waals surface area contributed by atoms with Gasteiger partial charge in [0.25, 0.3) is 0 Å². The number of nitrogens with two attached hydrogens (primary N) is 2. The quantitative estimate of drug-likeness (QED) is 0.318. The van der Waals surface area contributed by atoms with Gasteiger partial charge in [0.2, 0.25) is 5.91 Å². The maximum atomic E-state index is 12.4. The van der Waals surface area contributed by atoms with Crippen LogP contribution >= 0.6 is 0 Å². The number of nitrogens with zero attached hydrogens (tertiary/aromatic N) is 1. The Morgan fingerprint density at radius 2 is 1.64 bits per heavy atom. The summed E-state index contributed by atoms with van der Waals surface area (Å²) in [5.74, 6) is 0.214. The molecule has 0 bridgehead atoms. The molecule has 0 aliphatic rings. The van der Waals surface area contributed by atoms with Crippen molar-refractivity contribution in [2.45, 2.75) is 25.7 Å². The van der Waals surface area contributed by atoms with E-state index in [9.17, 15) is 9.90 Å². The molecule has 0 spiro atoms. The van der Waals surface area contributed by atoms with Gasteiger partial charge >= 0.3 is 0 Å². The fourth-order valence-electron chi connectivity index (χ4n) is 2.38. The minimum Gasteiger partial charge on any atom is -0.508 e. The molecule has 25 heavy (non-hydrogen) atoms. The van der Waals surface area contributed by atoms with E-state index in [1.54, 1.807) is 36.4 Å². The van der Waals surface area contributed by atoms with Crippen molar-refractivity contribution in [3.8, 4) is 5.75 Å². The van der Waals surface area contributed by atoms with Gasteiger partial charge in [-0.3, -0.25) is 4.79 Å². The summed E-state index contributed by atoms with van der Waals surface area (Å²) in [6.07, 6.45) is 7.13. The lowest BCUT2D eigenvalue weighted by Crippen LogP contribution is -2.33. The average molecular weight is 348 g/mol. The molecule has 0 aromatic heterocycles. The number of benzene rings is 1. The first kappa shape index (κ1) is 21.2. The molecule has 6 N–H and O–H groups in total. The van der Waals surface area contributed by atoms with Crippen LogP contribution in [0.5, 0.6) is 5.75 Å². The highest BCUT2D eigenvalue weighted by molar-refractivity contribution is 5.91. The first-order valence-corrected chi connectivity index (χ1v) is 9.04. The predicted molar refractivity (Wildman–Crippen MR) is 103 cm³/mol. The summed E-state index contributed by atoms with van der Waals surface area (Å²) in [5.41, 5.74) is 11.9. The van der Waals surface area contributed by atoms with Crippen LogP contribution in [0.15, 0.2) is 30.3 Å². The van der Waals surface area contributed by atoms with E-state index in [2.05, 4.69) is 5.32 Å². The standard InChI is InChI=1S/C19H32N4O2/c20-11-3-14-22-13-1-2-15-23(16-4-12-21)19(25)10-7-17-5-8-18(24)9-6-17/h5-10,22,24H,1-4,11-16,20-21H2/b10-7+. The van der Waals surface area contributed by atoms with Gasteiger partial charge in [-0.15, -0.1) is 0 Å². The van der Waals surface area contributed by atoms with Crippen LogP contribution < -0.4 is 16.8 Å². The Balaban J connectivity index is 2.41. The van der Waals surface area contributed by atoms with Crippen molar-refractivity contribution in [1.82, 2.24) is 10.2 Å². The number of phenolic OH excluding ortho intramolecular Hbond substituents is 1. The number of nitrogens with one attached hydrogen (secondary N) is 1. The lowest BCUT2D eigenvalue weighted by Gasteiger charge is -2.21. The molecule has 0 unspecified atom stereocenters. The second kappa shape index (κ2) is 13.4. The van der Waals surface area contributed by atoms with Crippen LogP contribution in [-0.2, 0) is 4.79 Å². The van der Waals surface area contributed by atoms with Crippen LogP contribution in [0, 0.1) is 0 Å². The molecule has 6 nitrogen and oxygen atoms in total. The summed E-state index contributed by atoms with van der Waals surface area (Å²) in [7, 11) is 0. The van der Waals surface area contributed by atoms with Gasteiger partial charge in [0.1, 0.15) is 5.75 Å². The molecule has 0 aliphatic carbocycles. The third-order valence-electron chi connectivity index (χ3n) is 3.84. The zero-order valence-electron chi connectivity index (χ0n) is 15.0. The Morgan fingerprint density at radius 3 is 2.32 bits per heavy atom. The van der Waals surface area contributed by atoms with Gasteiger partial charge in [-0.1, -0.05) is 12.1 Å². The second-order valence-corrected chi connectivity index (χ2v) is 5.99. The number of unbranched alkanes of at least 4 members (excludes halogenated alkanes) is 1. The van der Waals surface area contributed by atoms with Crippen molar-refractivity contribution < 1.29 is 9.90 Å². The summed E-state index contributed by atoms with van der Waals surface area (Å²) in [6, 6.07) is 6.76. The number of phenols is 1. The van der Waals surface area contributed by atoms with Gasteiger partial charge in [0, 0.05) is 19.2 Å². The van der Waals surface area contributed by atoms with Gasteiger partial charge in [0.15, 0.2) is 0 Å². The smallest absolute Gasteiger partial charge is 0.246 e. The van der Waals surface area contributed by atoms with Gasteiger partial charge in [-0.2, -0.15) is 0 Å². The van der Waals surface area contributed by atoms with E-state index in [4.69, 9.17) is 11.5 Å². The summed E-state index contributed by atoms with van der Waals surface area (Å²) in [4.78, 5) is 14.3. The highest BCUT2D eigenvalue weighted by atomic mass is 16.3. The largest absolute Gasteiger partial charge is 0.508 e. The summed E-state index contributed by atoms with van der Waals surface area (Å²) < 4.78 is 0. The SMILES string of the molecule is NCCCNCCCCN(CCCN)C(=O)/C=C/c1ccc(O)cc1. The monoisotopic (exact) mass is 348 g/mol. The predicted octanol–water partition coefficient (Wildman–Crippen LogP) is 1.30. The zero-order chi connectivity index (χ0) is 18.3. The number of hydrogen-bond acceptors (Lipinski definition) is 5. The summed E-state index contributed by atoms with van der Waals surface area (Å²) in [5, 5.41) is 12.6. The maximum absolute atomic E-state index is 12.4. The van der Waals surface area contributed by atoms with Crippen molar-refractivity contribution >= 4 is 12.0 Å². The highest BCUT2D eigenvalue weighted by Crippen LogP contribution is 2.11. The lowest BCUT2D eigenvalue weighted by molar-refractivity contribution is -0.126.